The van der Waals surface area contributed by atoms with Crippen molar-refractivity contribution in [3.8, 4) is 5.75 Å². The van der Waals surface area contributed by atoms with E-state index in [-0.39, 0.29) is 30.1 Å². The normalized spacial score (nSPS) is 15.6. The lowest BCUT2D eigenvalue weighted by Crippen LogP contribution is -2.44. The van der Waals surface area contributed by atoms with Gasteiger partial charge in [0.1, 0.15) is 17.7 Å². The van der Waals surface area contributed by atoms with E-state index in [2.05, 4.69) is 71.4 Å². The smallest absolute Gasteiger partial charge is 0.191 e. The van der Waals surface area contributed by atoms with Gasteiger partial charge in [-0.15, -0.1) is 24.0 Å². The molecule has 1 saturated heterocycles. The van der Waals surface area contributed by atoms with Crippen LogP contribution in [0.2, 0.25) is 0 Å². The summed E-state index contributed by atoms with van der Waals surface area (Å²) in [7, 11) is 2.16. The number of pyridine rings is 1. The molecule has 2 N–H and O–H groups in total. The molecule has 2 aromatic rings. The van der Waals surface area contributed by atoms with Gasteiger partial charge in [0.15, 0.2) is 5.96 Å². The van der Waals surface area contributed by atoms with Crippen LogP contribution in [0, 0.1) is 6.92 Å². The quantitative estimate of drug-likeness (QED) is 0.298. The number of guanidine groups is 1. The number of aliphatic imine (C=N–C) groups is 1. The Morgan fingerprint density at radius 3 is 2.53 bits per heavy atom. The number of hydrogen-bond donors (Lipinski definition) is 2. The maximum Gasteiger partial charge on any atom is 0.191 e. The molecule has 1 fully saturated rings. The van der Waals surface area contributed by atoms with E-state index in [1.165, 1.54) is 0 Å². The summed E-state index contributed by atoms with van der Waals surface area (Å²) in [6.45, 7) is 12.5. The van der Waals surface area contributed by atoms with Crippen LogP contribution in [-0.2, 0) is 6.54 Å². The molecule has 0 radical (unpaired) electrons. The van der Waals surface area contributed by atoms with Crippen molar-refractivity contribution in [1.82, 2.24) is 20.5 Å². The van der Waals surface area contributed by atoms with Crippen molar-refractivity contribution in [1.29, 1.82) is 0 Å². The van der Waals surface area contributed by atoms with Gasteiger partial charge in [-0.3, -0.25) is 0 Å². The predicted octanol–water partition coefficient (Wildman–Crippen LogP) is 3.28. The van der Waals surface area contributed by atoms with Gasteiger partial charge >= 0.3 is 0 Å². The van der Waals surface area contributed by atoms with E-state index < -0.39 is 0 Å². The van der Waals surface area contributed by atoms with E-state index in [4.69, 9.17) is 9.73 Å². The molecule has 0 amide bonds. The molecule has 3 rings (SSSR count). The van der Waals surface area contributed by atoms with E-state index in [0.717, 1.165) is 61.4 Å². The van der Waals surface area contributed by atoms with Crippen molar-refractivity contribution < 1.29 is 4.74 Å². The van der Waals surface area contributed by atoms with Crippen LogP contribution in [0.25, 0.3) is 0 Å². The van der Waals surface area contributed by atoms with Crippen LogP contribution < -0.4 is 20.3 Å². The standard InChI is InChI=1S/C24H36N6O.HI/c1-5-25-24(27-16-20(3)31-22-9-7-6-8-19(22)2)28-18-21-10-11-23(26-17-21)30-14-12-29(4)13-15-30;/h6-11,17,20H,5,12-16,18H2,1-4H3,(H2,25,27,28);1H. The number of aromatic nitrogens is 1. The minimum absolute atomic E-state index is 0. The summed E-state index contributed by atoms with van der Waals surface area (Å²) in [6.07, 6.45) is 1.96. The highest BCUT2D eigenvalue weighted by Gasteiger charge is 2.15. The van der Waals surface area contributed by atoms with Crippen molar-refractivity contribution in [2.75, 3.05) is 51.2 Å². The number of nitrogens with one attached hydrogen (secondary N) is 2. The zero-order valence-corrected chi connectivity index (χ0v) is 22.0. The third-order valence-corrected chi connectivity index (χ3v) is 5.38. The molecule has 7 nitrogen and oxygen atoms in total. The maximum atomic E-state index is 6.05. The second kappa shape index (κ2) is 13.5. The fraction of sp³-hybridized carbons (Fsp3) is 0.500. The van der Waals surface area contributed by atoms with Crippen LogP contribution in [0.4, 0.5) is 5.82 Å². The molecular weight excluding hydrogens is 515 g/mol. The Balaban J connectivity index is 0.00000363. The number of piperazine rings is 1. The Labute approximate surface area is 209 Å². The predicted molar refractivity (Wildman–Crippen MR) is 143 cm³/mol. The molecule has 1 aliphatic heterocycles. The lowest BCUT2D eigenvalue weighted by atomic mass is 10.2. The van der Waals surface area contributed by atoms with Crippen molar-refractivity contribution >= 4 is 35.8 Å². The molecule has 1 atom stereocenters. The number of halogens is 1. The summed E-state index contributed by atoms with van der Waals surface area (Å²) in [5, 5.41) is 6.68. The van der Waals surface area contributed by atoms with Gasteiger partial charge in [-0.25, -0.2) is 9.98 Å². The third-order valence-electron chi connectivity index (χ3n) is 5.38. The highest BCUT2D eigenvalue weighted by atomic mass is 127. The summed E-state index contributed by atoms with van der Waals surface area (Å²) in [4.78, 5) is 14.1. The number of likely N-dealkylation sites (N-methyl/N-ethyl adjacent to an activating group) is 1. The Morgan fingerprint density at radius 1 is 1.12 bits per heavy atom. The Morgan fingerprint density at radius 2 is 1.88 bits per heavy atom. The minimum Gasteiger partial charge on any atom is -0.489 e. The second-order valence-corrected chi connectivity index (χ2v) is 8.09. The molecule has 32 heavy (non-hydrogen) atoms. The zero-order valence-electron chi connectivity index (χ0n) is 19.7. The number of nitrogens with zero attached hydrogens (tertiary/aromatic N) is 4. The van der Waals surface area contributed by atoms with Crippen molar-refractivity contribution in [3.05, 3.63) is 53.7 Å². The van der Waals surface area contributed by atoms with Gasteiger partial charge in [0.25, 0.3) is 0 Å². The van der Waals surface area contributed by atoms with Crippen molar-refractivity contribution in [2.45, 2.75) is 33.4 Å². The number of anilines is 1. The Hall–Kier alpha value is -2.07. The fourth-order valence-corrected chi connectivity index (χ4v) is 3.43. The molecule has 0 spiro atoms. The maximum absolute atomic E-state index is 6.05. The van der Waals surface area contributed by atoms with Gasteiger partial charge < -0.3 is 25.2 Å². The number of aryl methyl sites for hydroxylation is 1. The Bertz CT molecular complexity index is 837. The average Bonchev–Trinajstić information content (AvgIpc) is 2.78. The van der Waals surface area contributed by atoms with Gasteiger partial charge in [-0.2, -0.15) is 0 Å². The number of hydrogen-bond acceptors (Lipinski definition) is 5. The summed E-state index contributed by atoms with van der Waals surface area (Å²) in [6, 6.07) is 12.3. The van der Waals surface area contributed by atoms with E-state index in [1.807, 2.05) is 24.4 Å². The Kier molecular flexibility index (Phi) is 11.0. The van der Waals surface area contributed by atoms with E-state index in [0.29, 0.717) is 13.1 Å². The van der Waals surface area contributed by atoms with Crippen LogP contribution in [0.3, 0.4) is 0 Å². The highest BCUT2D eigenvalue weighted by Crippen LogP contribution is 2.17. The SMILES string of the molecule is CCNC(=NCc1ccc(N2CCN(C)CC2)nc1)NCC(C)Oc1ccccc1C.I. The number of ether oxygens (including phenoxy) is 1. The van der Waals surface area contributed by atoms with Crippen LogP contribution in [0.5, 0.6) is 5.75 Å². The number of rotatable bonds is 8. The van der Waals surface area contributed by atoms with Crippen LogP contribution >= 0.6 is 24.0 Å². The second-order valence-electron chi connectivity index (χ2n) is 8.09. The number of benzene rings is 1. The van der Waals surface area contributed by atoms with Crippen molar-refractivity contribution in [3.63, 3.8) is 0 Å². The number of para-hydroxylation sites is 1. The molecule has 1 aromatic heterocycles. The van der Waals surface area contributed by atoms with Crippen molar-refractivity contribution in [2.24, 2.45) is 4.99 Å². The first kappa shape index (κ1) is 26.2. The highest BCUT2D eigenvalue weighted by molar-refractivity contribution is 14.0. The van der Waals surface area contributed by atoms with E-state index in [1.54, 1.807) is 0 Å². The summed E-state index contributed by atoms with van der Waals surface area (Å²) < 4.78 is 6.05. The third kappa shape index (κ3) is 8.12. The lowest BCUT2D eigenvalue weighted by Gasteiger charge is -2.33. The molecule has 0 aliphatic carbocycles. The molecule has 1 aromatic carbocycles. The minimum atomic E-state index is 0. The van der Waals surface area contributed by atoms with Crippen LogP contribution in [0.15, 0.2) is 47.6 Å². The van der Waals surface area contributed by atoms with Gasteiger partial charge in [0, 0.05) is 38.9 Å². The lowest BCUT2D eigenvalue weighted by molar-refractivity contribution is 0.222. The van der Waals surface area contributed by atoms with Gasteiger partial charge in [0.05, 0.1) is 13.1 Å². The topological polar surface area (TPSA) is 65.0 Å². The molecule has 0 saturated carbocycles. The first-order chi connectivity index (χ1) is 15.0. The van der Waals surface area contributed by atoms with Gasteiger partial charge in [0.2, 0.25) is 0 Å². The molecule has 176 valence electrons. The summed E-state index contributed by atoms with van der Waals surface area (Å²) >= 11 is 0. The van der Waals surface area contributed by atoms with Gasteiger partial charge in [-0.05, 0) is 51.1 Å². The fourth-order valence-electron chi connectivity index (χ4n) is 3.43. The van der Waals surface area contributed by atoms with E-state index >= 15 is 0 Å². The molecule has 8 heteroatoms. The molecule has 0 bridgehead atoms. The first-order valence-electron chi connectivity index (χ1n) is 11.2. The monoisotopic (exact) mass is 552 g/mol. The summed E-state index contributed by atoms with van der Waals surface area (Å²) in [5.74, 6) is 2.75. The van der Waals surface area contributed by atoms with Crippen LogP contribution in [-0.4, -0.2) is 68.3 Å². The molecule has 1 unspecified atom stereocenters. The molecular formula is C24H37IN6O. The zero-order chi connectivity index (χ0) is 22.1. The van der Waals surface area contributed by atoms with Gasteiger partial charge in [-0.1, -0.05) is 24.3 Å². The first-order valence-corrected chi connectivity index (χ1v) is 11.2. The van der Waals surface area contributed by atoms with Crippen LogP contribution in [0.1, 0.15) is 25.0 Å². The largest absolute Gasteiger partial charge is 0.489 e. The molecule has 1 aliphatic rings. The average molecular weight is 553 g/mol. The summed E-state index contributed by atoms with van der Waals surface area (Å²) in [5.41, 5.74) is 2.24. The van der Waals surface area contributed by atoms with E-state index in [9.17, 15) is 0 Å². The molecule has 2 heterocycles.